The van der Waals surface area contributed by atoms with Crippen LogP contribution in [-0.4, -0.2) is 11.5 Å². The van der Waals surface area contributed by atoms with Crippen LogP contribution in [0.3, 0.4) is 0 Å². The molecule has 0 bridgehead atoms. The van der Waals surface area contributed by atoms with E-state index in [9.17, 15) is 0 Å². The number of oxazole rings is 1. The van der Waals surface area contributed by atoms with Crippen LogP contribution in [0.2, 0.25) is 5.02 Å². The van der Waals surface area contributed by atoms with Gasteiger partial charge in [0.25, 0.3) is 0 Å². The molecule has 5 heteroatoms. The molecule has 0 saturated heterocycles. The Morgan fingerprint density at radius 3 is 3.06 bits per heavy atom. The largest absolute Gasteiger partial charge is 0.444 e. The summed E-state index contributed by atoms with van der Waals surface area (Å²) in [6.07, 6.45) is 1.68. The second-order valence-corrected chi connectivity index (χ2v) is 5.15. The molecule has 0 amide bonds. The summed E-state index contributed by atoms with van der Waals surface area (Å²) in [5, 5.41) is 3.89. The third-order valence-electron chi connectivity index (χ3n) is 2.27. The lowest BCUT2D eigenvalue weighted by atomic mass is 10.2. The Labute approximate surface area is 119 Å². The highest BCUT2D eigenvalue weighted by Gasteiger charge is 2.10. The van der Waals surface area contributed by atoms with Crippen molar-refractivity contribution in [2.75, 3.05) is 6.54 Å². The molecule has 2 rings (SSSR count). The average Bonchev–Trinajstić information content (AvgIpc) is 2.78. The molecule has 0 saturated carbocycles. The van der Waals surface area contributed by atoms with E-state index in [2.05, 4.69) is 39.8 Å². The van der Waals surface area contributed by atoms with E-state index in [0.29, 0.717) is 10.9 Å². The summed E-state index contributed by atoms with van der Waals surface area (Å²) in [5.41, 5.74) is 1.83. The first-order chi connectivity index (χ1) is 8.20. The van der Waals surface area contributed by atoms with Gasteiger partial charge in [-0.25, -0.2) is 4.98 Å². The van der Waals surface area contributed by atoms with Crippen LogP contribution in [-0.2, 0) is 6.54 Å². The fraction of sp³-hybridized carbons (Fsp3) is 0.250. The third kappa shape index (κ3) is 3.20. The van der Waals surface area contributed by atoms with E-state index in [1.165, 1.54) is 0 Å². The predicted octanol–water partition coefficient (Wildman–Crippen LogP) is 3.71. The van der Waals surface area contributed by atoms with Gasteiger partial charge in [-0.3, -0.25) is 0 Å². The molecule has 0 aliphatic heterocycles. The number of hydrogen-bond acceptors (Lipinski definition) is 3. The monoisotopic (exact) mass is 362 g/mol. The van der Waals surface area contributed by atoms with Gasteiger partial charge in [-0.2, -0.15) is 0 Å². The van der Waals surface area contributed by atoms with Gasteiger partial charge in [-0.1, -0.05) is 18.5 Å². The molecule has 1 heterocycles. The Bertz CT molecular complexity index is 513. The van der Waals surface area contributed by atoms with Gasteiger partial charge in [-0.05, 0) is 47.3 Å². The maximum Gasteiger partial charge on any atom is 0.227 e. The van der Waals surface area contributed by atoms with Crippen molar-refractivity contribution >= 4 is 34.2 Å². The SMILES string of the molecule is CCNCc1coc(-c2cc(Cl)ccc2I)n1. The molecule has 0 fully saturated rings. The maximum absolute atomic E-state index is 5.97. The van der Waals surface area contributed by atoms with Crippen LogP contribution in [0, 0.1) is 3.57 Å². The Kier molecular flexibility index (Phi) is 4.42. The van der Waals surface area contributed by atoms with Crippen LogP contribution in [0.25, 0.3) is 11.5 Å². The van der Waals surface area contributed by atoms with Crippen LogP contribution >= 0.6 is 34.2 Å². The van der Waals surface area contributed by atoms with Crippen molar-refractivity contribution in [1.82, 2.24) is 10.3 Å². The summed E-state index contributed by atoms with van der Waals surface area (Å²) >= 11 is 8.22. The topological polar surface area (TPSA) is 38.1 Å². The number of hydrogen-bond donors (Lipinski definition) is 1. The molecule has 0 aliphatic carbocycles. The molecule has 0 spiro atoms. The first-order valence-electron chi connectivity index (χ1n) is 5.31. The van der Waals surface area contributed by atoms with E-state index in [4.69, 9.17) is 16.0 Å². The number of rotatable bonds is 4. The van der Waals surface area contributed by atoms with Crippen molar-refractivity contribution < 1.29 is 4.42 Å². The van der Waals surface area contributed by atoms with Crippen molar-refractivity contribution in [1.29, 1.82) is 0 Å². The zero-order valence-corrected chi connectivity index (χ0v) is 12.2. The number of nitrogens with one attached hydrogen (secondary N) is 1. The Morgan fingerprint density at radius 2 is 2.29 bits per heavy atom. The molecule has 1 N–H and O–H groups in total. The minimum Gasteiger partial charge on any atom is -0.444 e. The van der Waals surface area contributed by atoms with Crippen molar-refractivity contribution in [2.45, 2.75) is 13.5 Å². The first-order valence-corrected chi connectivity index (χ1v) is 6.77. The van der Waals surface area contributed by atoms with Gasteiger partial charge in [0, 0.05) is 15.1 Å². The molecule has 0 atom stereocenters. The minimum absolute atomic E-state index is 0.616. The lowest BCUT2D eigenvalue weighted by molar-refractivity contribution is 0.570. The second-order valence-electron chi connectivity index (χ2n) is 3.55. The van der Waals surface area contributed by atoms with Crippen LogP contribution in [0.15, 0.2) is 28.9 Å². The van der Waals surface area contributed by atoms with E-state index in [1.54, 1.807) is 6.26 Å². The summed E-state index contributed by atoms with van der Waals surface area (Å²) in [6, 6.07) is 5.67. The van der Waals surface area contributed by atoms with Gasteiger partial charge >= 0.3 is 0 Å². The third-order valence-corrected chi connectivity index (χ3v) is 3.44. The fourth-order valence-corrected chi connectivity index (χ4v) is 2.16. The van der Waals surface area contributed by atoms with Crippen LogP contribution in [0.1, 0.15) is 12.6 Å². The molecule has 0 unspecified atom stereocenters. The quantitative estimate of drug-likeness (QED) is 0.843. The molecular weight excluding hydrogens is 351 g/mol. The molecule has 1 aromatic carbocycles. The average molecular weight is 363 g/mol. The molecule has 1 aromatic heterocycles. The summed E-state index contributed by atoms with van der Waals surface area (Å²) in [5.74, 6) is 0.616. The highest BCUT2D eigenvalue weighted by Crippen LogP contribution is 2.27. The summed E-state index contributed by atoms with van der Waals surface area (Å²) in [6.45, 7) is 3.69. The van der Waals surface area contributed by atoms with E-state index < -0.39 is 0 Å². The van der Waals surface area contributed by atoms with Crippen molar-refractivity contribution in [3.8, 4) is 11.5 Å². The highest BCUT2D eigenvalue weighted by molar-refractivity contribution is 14.1. The van der Waals surface area contributed by atoms with Crippen LogP contribution in [0.4, 0.5) is 0 Å². The van der Waals surface area contributed by atoms with Crippen molar-refractivity contribution in [2.24, 2.45) is 0 Å². The summed E-state index contributed by atoms with van der Waals surface area (Å²) < 4.78 is 6.54. The lowest BCUT2D eigenvalue weighted by Gasteiger charge is -2.00. The Balaban J connectivity index is 2.27. The van der Waals surface area contributed by atoms with E-state index in [0.717, 1.165) is 27.9 Å². The van der Waals surface area contributed by atoms with E-state index >= 15 is 0 Å². The molecular formula is C12H12ClIN2O. The minimum atomic E-state index is 0.616. The van der Waals surface area contributed by atoms with E-state index in [1.807, 2.05) is 18.2 Å². The lowest BCUT2D eigenvalue weighted by Crippen LogP contribution is -2.11. The number of halogens is 2. The van der Waals surface area contributed by atoms with Gasteiger partial charge < -0.3 is 9.73 Å². The van der Waals surface area contributed by atoms with Gasteiger partial charge in [0.15, 0.2) is 0 Å². The Morgan fingerprint density at radius 1 is 1.47 bits per heavy atom. The highest BCUT2D eigenvalue weighted by atomic mass is 127. The molecule has 3 nitrogen and oxygen atoms in total. The van der Waals surface area contributed by atoms with Gasteiger partial charge in [-0.15, -0.1) is 0 Å². The summed E-state index contributed by atoms with van der Waals surface area (Å²) in [4.78, 5) is 4.43. The Hall–Kier alpha value is -0.590. The molecule has 17 heavy (non-hydrogen) atoms. The molecule has 2 aromatic rings. The fourth-order valence-electron chi connectivity index (χ4n) is 1.43. The molecule has 0 aliphatic rings. The zero-order chi connectivity index (χ0) is 12.3. The van der Waals surface area contributed by atoms with Gasteiger partial charge in [0.2, 0.25) is 5.89 Å². The van der Waals surface area contributed by atoms with E-state index in [-0.39, 0.29) is 0 Å². The smallest absolute Gasteiger partial charge is 0.227 e. The standard InChI is InChI=1S/C12H12ClIN2O/c1-2-15-6-9-7-17-12(16-9)10-5-8(13)3-4-11(10)14/h3-5,7,15H,2,6H2,1H3. The van der Waals surface area contributed by atoms with Crippen molar-refractivity contribution in [3.05, 3.63) is 38.7 Å². The van der Waals surface area contributed by atoms with Gasteiger partial charge in [0.05, 0.1) is 11.3 Å². The normalized spacial score (nSPS) is 10.8. The second kappa shape index (κ2) is 5.84. The zero-order valence-electron chi connectivity index (χ0n) is 9.34. The van der Waals surface area contributed by atoms with Crippen LogP contribution < -0.4 is 5.32 Å². The summed E-state index contributed by atoms with van der Waals surface area (Å²) in [7, 11) is 0. The maximum atomic E-state index is 5.97. The van der Waals surface area contributed by atoms with Crippen molar-refractivity contribution in [3.63, 3.8) is 0 Å². The van der Waals surface area contributed by atoms with Gasteiger partial charge in [0.1, 0.15) is 6.26 Å². The predicted molar refractivity (Wildman–Crippen MR) is 77.0 cm³/mol. The molecule has 90 valence electrons. The number of benzene rings is 1. The van der Waals surface area contributed by atoms with Crippen LogP contribution in [0.5, 0.6) is 0 Å². The number of nitrogens with zero attached hydrogens (tertiary/aromatic N) is 1. The first kappa shape index (κ1) is 12.9. The number of aromatic nitrogens is 1. The molecule has 0 radical (unpaired) electrons.